The molecule has 27 heavy (non-hydrogen) atoms. The molecule has 0 spiro atoms. The molecular weight excluding hydrogens is 414 g/mol. The maximum absolute atomic E-state index is 13.0. The first-order chi connectivity index (χ1) is 12.9. The van der Waals surface area contributed by atoms with E-state index >= 15 is 0 Å². The summed E-state index contributed by atoms with van der Waals surface area (Å²) in [6.45, 7) is 2.55. The number of ether oxygens (including phenoxy) is 1. The third kappa shape index (κ3) is 3.84. The van der Waals surface area contributed by atoms with E-state index in [2.05, 4.69) is 15.9 Å². The second kappa shape index (κ2) is 8.10. The molecule has 0 fully saturated rings. The number of aliphatic hydroxyl groups excluding tert-OH is 1. The fraction of sp³-hybridized carbons (Fsp3) is 0.300. The molecular formula is C20H20BrNO5. The number of carbonyl (C=O) groups is 2. The van der Waals surface area contributed by atoms with Gasteiger partial charge < -0.3 is 19.2 Å². The summed E-state index contributed by atoms with van der Waals surface area (Å²) in [6, 6.07) is 9.87. The van der Waals surface area contributed by atoms with E-state index in [9.17, 15) is 14.7 Å². The van der Waals surface area contributed by atoms with E-state index in [4.69, 9.17) is 9.15 Å². The first-order valence-electron chi connectivity index (χ1n) is 8.53. The van der Waals surface area contributed by atoms with Crippen molar-refractivity contribution < 1.29 is 23.8 Å². The monoisotopic (exact) mass is 433 g/mol. The summed E-state index contributed by atoms with van der Waals surface area (Å²) >= 11 is 3.42. The summed E-state index contributed by atoms with van der Waals surface area (Å²) in [6.07, 6.45) is 0.585. The Kier molecular flexibility index (Phi) is 5.82. The number of nitrogens with zero attached hydrogens (tertiary/aromatic N) is 1. The van der Waals surface area contributed by atoms with Gasteiger partial charge in [-0.15, -0.1) is 0 Å². The van der Waals surface area contributed by atoms with Crippen LogP contribution in [0.15, 0.2) is 56.6 Å². The summed E-state index contributed by atoms with van der Waals surface area (Å²) in [5.74, 6) is -0.911. The van der Waals surface area contributed by atoms with E-state index in [1.54, 1.807) is 26.2 Å². The highest BCUT2D eigenvalue weighted by molar-refractivity contribution is 9.10. The standard InChI is InChI=1S/C20H20BrNO5/c1-12-7-8-15(27-12)18(23)16-17(13-5-3-6-14(21)11-13)22(9-4-10-26-2)20(25)19(16)24/h3,5-8,11,17,24H,4,9-10H2,1-2H3/t17-/m0/s1. The second-order valence-corrected chi connectivity index (χ2v) is 7.22. The molecule has 0 radical (unpaired) electrons. The number of hydrogen-bond donors (Lipinski definition) is 1. The van der Waals surface area contributed by atoms with E-state index in [0.29, 0.717) is 25.3 Å². The van der Waals surface area contributed by atoms with E-state index < -0.39 is 23.5 Å². The van der Waals surface area contributed by atoms with Gasteiger partial charge in [0.15, 0.2) is 11.5 Å². The Bertz CT molecular complexity index is 901. The van der Waals surface area contributed by atoms with Crippen LogP contribution in [0.3, 0.4) is 0 Å². The van der Waals surface area contributed by atoms with Crippen molar-refractivity contribution in [3.8, 4) is 0 Å². The molecule has 1 aliphatic rings. The van der Waals surface area contributed by atoms with Gasteiger partial charge in [0.2, 0.25) is 5.78 Å². The molecule has 1 aliphatic heterocycles. The normalized spacial score (nSPS) is 17.1. The van der Waals surface area contributed by atoms with Crippen molar-refractivity contribution in [3.05, 3.63) is 69.3 Å². The smallest absolute Gasteiger partial charge is 0.290 e. The molecule has 1 aromatic carbocycles. The summed E-state index contributed by atoms with van der Waals surface area (Å²) in [5.41, 5.74) is 0.760. The molecule has 3 rings (SSSR count). The molecule has 7 heteroatoms. The predicted octanol–water partition coefficient (Wildman–Crippen LogP) is 3.97. The Hall–Kier alpha value is -2.38. The fourth-order valence-corrected chi connectivity index (χ4v) is 3.62. The molecule has 1 atom stereocenters. The molecule has 1 aromatic heterocycles. The topological polar surface area (TPSA) is 80.0 Å². The van der Waals surface area contributed by atoms with Crippen molar-refractivity contribution in [2.24, 2.45) is 0 Å². The van der Waals surface area contributed by atoms with Crippen LogP contribution in [0.1, 0.15) is 34.3 Å². The first-order valence-corrected chi connectivity index (χ1v) is 9.33. The number of ketones is 1. The Morgan fingerprint density at radius 2 is 2.11 bits per heavy atom. The van der Waals surface area contributed by atoms with Gasteiger partial charge in [-0.25, -0.2) is 0 Å². The number of rotatable bonds is 7. The van der Waals surface area contributed by atoms with Gasteiger partial charge in [0.05, 0.1) is 11.6 Å². The van der Waals surface area contributed by atoms with Crippen LogP contribution in [0.2, 0.25) is 0 Å². The first kappa shape index (κ1) is 19.4. The number of furan rings is 1. The van der Waals surface area contributed by atoms with Crippen molar-refractivity contribution in [1.82, 2.24) is 4.90 Å². The molecule has 142 valence electrons. The number of aliphatic hydroxyl groups is 1. The minimum absolute atomic E-state index is 0.0323. The lowest BCUT2D eigenvalue weighted by atomic mass is 9.95. The van der Waals surface area contributed by atoms with Crippen LogP contribution in [0, 0.1) is 6.92 Å². The van der Waals surface area contributed by atoms with Crippen LogP contribution in [0.5, 0.6) is 0 Å². The van der Waals surface area contributed by atoms with Crippen molar-refractivity contribution in [3.63, 3.8) is 0 Å². The number of halogens is 1. The van der Waals surface area contributed by atoms with Crippen LogP contribution in [-0.4, -0.2) is 42.0 Å². The van der Waals surface area contributed by atoms with Gasteiger partial charge in [0.25, 0.3) is 5.91 Å². The summed E-state index contributed by atoms with van der Waals surface area (Å²) in [4.78, 5) is 27.2. The lowest BCUT2D eigenvalue weighted by Crippen LogP contribution is -2.32. The van der Waals surface area contributed by atoms with Crippen LogP contribution in [-0.2, 0) is 9.53 Å². The van der Waals surface area contributed by atoms with Crippen molar-refractivity contribution in [1.29, 1.82) is 0 Å². The Morgan fingerprint density at radius 1 is 1.33 bits per heavy atom. The van der Waals surface area contributed by atoms with E-state index in [0.717, 1.165) is 10.0 Å². The SMILES string of the molecule is COCCCN1C(=O)C(O)=C(C(=O)c2ccc(C)o2)[C@@H]1c1cccc(Br)c1. The van der Waals surface area contributed by atoms with Gasteiger partial charge in [-0.2, -0.15) is 0 Å². The van der Waals surface area contributed by atoms with Crippen molar-refractivity contribution in [2.75, 3.05) is 20.3 Å². The summed E-state index contributed by atoms with van der Waals surface area (Å²) in [7, 11) is 1.58. The number of methoxy groups -OCH3 is 1. The van der Waals surface area contributed by atoms with Gasteiger partial charge in [0, 0.05) is 24.7 Å². The van der Waals surface area contributed by atoms with Gasteiger partial charge in [0.1, 0.15) is 5.76 Å². The number of amides is 1. The minimum Gasteiger partial charge on any atom is -0.503 e. The van der Waals surface area contributed by atoms with Crippen LogP contribution in [0.25, 0.3) is 0 Å². The molecule has 6 nitrogen and oxygen atoms in total. The average Bonchev–Trinajstić information content (AvgIpc) is 3.18. The Labute approximate surface area is 165 Å². The highest BCUT2D eigenvalue weighted by Gasteiger charge is 2.44. The highest BCUT2D eigenvalue weighted by Crippen LogP contribution is 2.39. The van der Waals surface area contributed by atoms with E-state index in [1.165, 1.54) is 4.90 Å². The zero-order valence-electron chi connectivity index (χ0n) is 15.1. The minimum atomic E-state index is -0.690. The number of benzene rings is 1. The maximum Gasteiger partial charge on any atom is 0.290 e. The molecule has 2 heterocycles. The highest BCUT2D eigenvalue weighted by atomic mass is 79.9. The molecule has 0 saturated heterocycles. The number of carbonyl (C=O) groups excluding carboxylic acids is 2. The predicted molar refractivity (Wildman–Crippen MR) is 103 cm³/mol. The molecule has 0 aliphatic carbocycles. The second-order valence-electron chi connectivity index (χ2n) is 6.30. The largest absolute Gasteiger partial charge is 0.503 e. The fourth-order valence-electron chi connectivity index (χ4n) is 3.21. The molecule has 0 saturated carbocycles. The van der Waals surface area contributed by atoms with Crippen LogP contribution < -0.4 is 0 Å². The quantitative estimate of drug-likeness (QED) is 0.527. The van der Waals surface area contributed by atoms with Gasteiger partial charge in [-0.1, -0.05) is 28.1 Å². The number of hydrogen-bond acceptors (Lipinski definition) is 5. The van der Waals surface area contributed by atoms with Gasteiger partial charge in [-0.05, 0) is 43.2 Å². The Morgan fingerprint density at radius 3 is 2.74 bits per heavy atom. The van der Waals surface area contributed by atoms with E-state index in [-0.39, 0.29) is 11.3 Å². The zero-order chi connectivity index (χ0) is 19.6. The third-order valence-corrected chi connectivity index (χ3v) is 4.92. The van der Waals surface area contributed by atoms with E-state index in [1.807, 2.05) is 24.3 Å². The van der Waals surface area contributed by atoms with Gasteiger partial charge in [-0.3, -0.25) is 9.59 Å². The summed E-state index contributed by atoms with van der Waals surface area (Å²) < 4.78 is 11.3. The van der Waals surface area contributed by atoms with Gasteiger partial charge >= 0.3 is 0 Å². The molecule has 0 bridgehead atoms. The third-order valence-electron chi connectivity index (χ3n) is 4.42. The van der Waals surface area contributed by atoms with Crippen LogP contribution >= 0.6 is 15.9 Å². The molecule has 2 aromatic rings. The van der Waals surface area contributed by atoms with Crippen LogP contribution in [0.4, 0.5) is 0 Å². The maximum atomic E-state index is 13.0. The summed E-state index contributed by atoms with van der Waals surface area (Å²) in [5, 5.41) is 10.5. The zero-order valence-corrected chi connectivity index (χ0v) is 16.7. The van der Waals surface area contributed by atoms with Crippen molar-refractivity contribution in [2.45, 2.75) is 19.4 Å². The lowest BCUT2D eigenvalue weighted by Gasteiger charge is -2.26. The van der Waals surface area contributed by atoms with Crippen molar-refractivity contribution >= 4 is 27.6 Å². The lowest BCUT2D eigenvalue weighted by molar-refractivity contribution is -0.129. The Balaban J connectivity index is 2.04. The molecule has 1 amide bonds. The molecule has 0 unspecified atom stereocenters. The molecule has 1 N–H and O–H groups in total. The number of Topliss-reactive ketones (excluding diaryl/α,β-unsaturated/α-hetero) is 1. The number of aryl methyl sites for hydroxylation is 1. The average molecular weight is 434 g/mol.